The monoisotopic (exact) mass is 852 g/mol. The van der Waals surface area contributed by atoms with Gasteiger partial charge in [0, 0.05) is 10.8 Å². The molecule has 0 unspecified atom stereocenters. The first-order valence-electron chi connectivity index (χ1n) is 19.1. The molecule has 0 spiro atoms. The van der Waals surface area contributed by atoms with E-state index in [-0.39, 0.29) is 34.2 Å². The number of aromatic carboxylic acids is 1. The number of furan rings is 2. The van der Waals surface area contributed by atoms with Crippen LogP contribution in [-0.2, 0) is 9.47 Å². The molecule has 324 valence electrons. The van der Waals surface area contributed by atoms with Crippen molar-refractivity contribution in [3.8, 4) is 23.0 Å². The first-order chi connectivity index (χ1) is 29.0. The van der Waals surface area contributed by atoms with E-state index >= 15 is 0 Å². The van der Waals surface area contributed by atoms with Crippen LogP contribution in [0.5, 0.6) is 0 Å². The van der Waals surface area contributed by atoms with Crippen LogP contribution >= 0.6 is 0 Å². The number of aromatic nitrogens is 2. The largest absolute Gasteiger partial charge is 0.478 e. The van der Waals surface area contributed by atoms with E-state index in [1.165, 1.54) is 18.2 Å². The molecule has 0 bridgehead atoms. The summed E-state index contributed by atoms with van der Waals surface area (Å²) in [6.07, 6.45) is 0. The molecule has 62 heavy (non-hydrogen) atoms. The van der Waals surface area contributed by atoms with Crippen LogP contribution in [0.2, 0.25) is 0 Å². The number of fused-ring (bicyclic) bond motifs is 2. The van der Waals surface area contributed by atoms with Crippen LogP contribution in [0.25, 0.3) is 45.0 Å². The van der Waals surface area contributed by atoms with Gasteiger partial charge in [-0.3, -0.25) is 0 Å². The summed E-state index contributed by atoms with van der Waals surface area (Å²) >= 11 is 0. The molecule has 3 heterocycles. The highest BCUT2D eigenvalue weighted by atomic mass is 19.1. The molecular formula is C46H46F2N4O10. The predicted molar refractivity (Wildman–Crippen MR) is 226 cm³/mol. The van der Waals surface area contributed by atoms with E-state index < -0.39 is 46.3 Å². The Morgan fingerprint density at radius 3 is 1.66 bits per heavy atom. The first kappa shape index (κ1) is 45.7. The van der Waals surface area contributed by atoms with Crippen molar-refractivity contribution in [2.45, 2.75) is 80.4 Å². The Hall–Kier alpha value is -7.36. The van der Waals surface area contributed by atoms with Gasteiger partial charge in [-0.25, -0.2) is 23.2 Å². The number of carbonyl (C=O) groups is 3. The summed E-state index contributed by atoms with van der Waals surface area (Å²) in [4.78, 5) is 38.5. The zero-order valence-corrected chi connectivity index (χ0v) is 35.8. The van der Waals surface area contributed by atoms with Crippen LogP contribution in [0.4, 0.5) is 8.78 Å². The molecule has 0 aliphatic heterocycles. The van der Waals surface area contributed by atoms with Gasteiger partial charge in [-0.2, -0.15) is 4.98 Å². The van der Waals surface area contributed by atoms with Gasteiger partial charge in [0.25, 0.3) is 5.89 Å². The van der Waals surface area contributed by atoms with E-state index in [4.69, 9.17) is 38.9 Å². The molecule has 0 fully saturated rings. The Morgan fingerprint density at radius 2 is 1.19 bits per heavy atom. The maximum absolute atomic E-state index is 14.7. The van der Waals surface area contributed by atoms with E-state index in [1.54, 1.807) is 47.6 Å². The number of nitrogens with two attached hydrogens (primary N) is 1. The third kappa shape index (κ3) is 10.9. The zero-order valence-electron chi connectivity index (χ0n) is 35.8. The van der Waals surface area contributed by atoms with Crippen LogP contribution in [-0.4, -0.2) is 55.4 Å². The van der Waals surface area contributed by atoms with Crippen LogP contribution in [0.15, 0.2) is 91.3 Å². The van der Waals surface area contributed by atoms with Crippen molar-refractivity contribution in [3.63, 3.8) is 0 Å². The number of esters is 2. The van der Waals surface area contributed by atoms with E-state index in [2.05, 4.69) is 15.3 Å². The van der Waals surface area contributed by atoms with Crippen molar-refractivity contribution >= 4 is 45.7 Å². The quantitative estimate of drug-likeness (QED) is 0.0467. The lowest BCUT2D eigenvalue weighted by Crippen LogP contribution is -2.24. The minimum atomic E-state index is -1.38. The molecule has 4 N–H and O–H groups in total. The third-order valence-electron chi connectivity index (χ3n) is 8.87. The number of aryl methyl sites for hydroxylation is 4. The molecule has 7 aromatic rings. The average Bonchev–Trinajstić information content (AvgIpc) is 3.97. The van der Waals surface area contributed by atoms with Crippen molar-refractivity contribution in [2.24, 2.45) is 10.9 Å². The maximum atomic E-state index is 14.7. The second-order valence-electron chi connectivity index (χ2n) is 16.2. The van der Waals surface area contributed by atoms with Crippen molar-refractivity contribution in [3.05, 3.63) is 129 Å². The summed E-state index contributed by atoms with van der Waals surface area (Å²) in [5.74, 6) is -3.26. The molecule has 0 aliphatic carbocycles. The van der Waals surface area contributed by atoms with E-state index in [0.717, 1.165) is 62.4 Å². The highest BCUT2D eigenvalue weighted by molar-refractivity contribution is 5.99. The number of carbonyl (C=O) groups excluding carboxylic acids is 2. The molecule has 0 aliphatic rings. The molecule has 7 rings (SSSR count). The molecule has 14 nitrogen and oxygen atoms in total. The Morgan fingerprint density at radius 1 is 0.694 bits per heavy atom. The Bertz CT molecular complexity index is 2760. The van der Waals surface area contributed by atoms with Gasteiger partial charge < -0.3 is 38.9 Å². The second kappa shape index (κ2) is 18.1. The highest BCUT2D eigenvalue weighted by Gasteiger charge is 2.23. The summed E-state index contributed by atoms with van der Waals surface area (Å²) < 4.78 is 54.9. The second-order valence-corrected chi connectivity index (χ2v) is 16.2. The average molecular weight is 853 g/mol. The van der Waals surface area contributed by atoms with Gasteiger partial charge in [-0.05, 0) is 140 Å². The number of oxime groups is 1. The minimum Gasteiger partial charge on any atom is -0.478 e. The fraction of sp³-hybridized carbons (Fsp3) is 0.261. The van der Waals surface area contributed by atoms with Crippen molar-refractivity contribution in [1.29, 1.82) is 0 Å². The minimum absolute atomic E-state index is 0.00728. The summed E-state index contributed by atoms with van der Waals surface area (Å²) in [5, 5.41) is 26.0. The number of halogens is 2. The van der Waals surface area contributed by atoms with Gasteiger partial charge in [0.15, 0.2) is 11.5 Å². The lowest BCUT2D eigenvalue weighted by molar-refractivity contribution is 0.00566. The Balaban J connectivity index is 0.000000192. The van der Waals surface area contributed by atoms with Gasteiger partial charge in [-0.15, -0.1) is 0 Å². The molecule has 0 saturated carbocycles. The van der Waals surface area contributed by atoms with Crippen molar-refractivity contribution < 1.29 is 56.3 Å². The molecule has 0 radical (unpaired) electrons. The highest BCUT2D eigenvalue weighted by Crippen LogP contribution is 2.32. The van der Waals surface area contributed by atoms with Crippen LogP contribution in [0.1, 0.15) is 101 Å². The van der Waals surface area contributed by atoms with Crippen molar-refractivity contribution in [1.82, 2.24) is 10.1 Å². The smallest absolute Gasteiger partial charge is 0.338 e. The van der Waals surface area contributed by atoms with Gasteiger partial charge >= 0.3 is 17.9 Å². The van der Waals surface area contributed by atoms with E-state index in [9.17, 15) is 23.2 Å². The lowest BCUT2D eigenvalue weighted by Gasteiger charge is -2.19. The SMILES string of the molecule is CC(C)(C)OC(=O)c1ccc(C(=O)O)c(F)c1.Cc1ccc(C)c2oc(-c3noc(-c4ccc(C(=O)OC(C)(C)C)cc4F)n3)cc12.Cc1ccc(C)c2oc(/C(N)=N\O)cc12. The number of ether oxygens (including phenoxy) is 2. The fourth-order valence-corrected chi connectivity index (χ4v) is 5.81. The molecule has 0 saturated heterocycles. The Kier molecular flexibility index (Phi) is 13.3. The normalized spacial score (nSPS) is 11.7. The summed E-state index contributed by atoms with van der Waals surface area (Å²) in [6, 6.07) is 18.7. The van der Waals surface area contributed by atoms with Gasteiger partial charge in [0.2, 0.25) is 11.7 Å². The Labute approximate surface area is 354 Å². The number of benzene rings is 4. The number of hydrogen-bond acceptors (Lipinski definition) is 12. The fourth-order valence-electron chi connectivity index (χ4n) is 5.81. The number of carboxylic acid groups (broad SMARTS) is 1. The number of carboxylic acids is 1. The number of rotatable bonds is 6. The van der Waals surface area contributed by atoms with Crippen molar-refractivity contribution in [2.75, 3.05) is 0 Å². The van der Waals surface area contributed by atoms with Crippen LogP contribution in [0, 0.1) is 39.3 Å². The molecule has 0 atom stereocenters. The predicted octanol–water partition coefficient (Wildman–Crippen LogP) is 10.5. The maximum Gasteiger partial charge on any atom is 0.338 e. The van der Waals surface area contributed by atoms with Gasteiger partial charge in [0.1, 0.15) is 34.0 Å². The first-order valence-corrected chi connectivity index (χ1v) is 19.1. The molecule has 0 amide bonds. The van der Waals surface area contributed by atoms with Gasteiger partial charge in [-0.1, -0.05) is 34.6 Å². The van der Waals surface area contributed by atoms with E-state index in [1.807, 2.05) is 58.0 Å². The number of amidine groups is 1. The zero-order chi connectivity index (χ0) is 45.8. The third-order valence-corrected chi connectivity index (χ3v) is 8.87. The summed E-state index contributed by atoms with van der Waals surface area (Å²) in [6.45, 7) is 18.2. The lowest BCUT2D eigenvalue weighted by atomic mass is 10.1. The van der Waals surface area contributed by atoms with E-state index in [0.29, 0.717) is 11.5 Å². The summed E-state index contributed by atoms with van der Waals surface area (Å²) in [5.41, 5.74) is 9.57. The van der Waals surface area contributed by atoms with Crippen LogP contribution in [0.3, 0.4) is 0 Å². The molecule has 16 heteroatoms. The molecule has 4 aromatic carbocycles. The molecule has 3 aromatic heterocycles. The number of nitrogens with zero attached hydrogens (tertiary/aromatic N) is 3. The topological polar surface area (TPSA) is 214 Å². The van der Waals surface area contributed by atoms with Gasteiger partial charge in [0.05, 0.1) is 22.3 Å². The molecular weight excluding hydrogens is 807 g/mol. The van der Waals surface area contributed by atoms with Crippen LogP contribution < -0.4 is 5.73 Å². The number of hydrogen-bond donors (Lipinski definition) is 3. The summed E-state index contributed by atoms with van der Waals surface area (Å²) in [7, 11) is 0. The standard InChI is InChI=1S/C23H21FN2O4.C12H13FO4.C11H12N2O2/c1-12-6-7-13(2)19-16(12)11-18(28-19)20-25-21(30-26-20)15-9-8-14(10-17(15)24)22(27)29-23(3,4)5;1-12(2,3)17-11(16)7-4-5-8(10(14)15)9(13)6-7;1-6-3-4-7(2)10-8(6)5-9(15-10)11(12)13-14/h6-11H,1-5H3;4-6H,1-3H3,(H,14,15);3-5,14H,1-2H3,(H2,12,13).